The van der Waals surface area contributed by atoms with Crippen molar-refractivity contribution in [2.24, 2.45) is 5.92 Å². The zero-order valence-corrected chi connectivity index (χ0v) is 13.2. The molecule has 1 saturated carbocycles. The lowest BCUT2D eigenvalue weighted by Crippen LogP contribution is -2.28. The second kappa shape index (κ2) is 6.69. The van der Waals surface area contributed by atoms with Crippen molar-refractivity contribution in [2.45, 2.75) is 51.5 Å². The number of nitrogens with one attached hydrogen (secondary N) is 1. The summed E-state index contributed by atoms with van der Waals surface area (Å²) in [5.41, 5.74) is 1.39. The summed E-state index contributed by atoms with van der Waals surface area (Å²) in [7, 11) is 0. The number of hydrogen-bond donors (Lipinski definition) is 1. The molecule has 3 nitrogen and oxygen atoms in total. The quantitative estimate of drug-likeness (QED) is 0.829. The first-order valence-electron chi connectivity index (χ1n) is 8.44. The van der Waals surface area contributed by atoms with Gasteiger partial charge in [-0.15, -0.1) is 0 Å². The largest absolute Gasteiger partial charge is 0.486 e. The summed E-state index contributed by atoms with van der Waals surface area (Å²) in [5.74, 6) is 3.10. The Bertz CT molecular complexity index is 466. The van der Waals surface area contributed by atoms with Crippen LogP contribution in [-0.2, 0) is 0 Å². The molecule has 0 saturated heterocycles. The predicted molar refractivity (Wildman–Crippen MR) is 85.3 cm³/mol. The number of rotatable bonds is 7. The van der Waals surface area contributed by atoms with Crippen LogP contribution in [0.3, 0.4) is 0 Å². The summed E-state index contributed by atoms with van der Waals surface area (Å²) in [6.45, 7) is 7.00. The molecule has 3 heteroatoms. The van der Waals surface area contributed by atoms with Crippen LogP contribution in [0.15, 0.2) is 18.2 Å². The first-order valence-corrected chi connectivity index (χ1v) is 8.44. The van der Waals surface area contributed by atoms with Crippen LogP contribution >= 0.6 is 0 Å². The fourth-order valence-corrected chi connectivity index (χ4v) is 3.29. The molecule has 0 radical (unpaired) electrons. The molecule has 1 atom stereocenters. The lowest BCUT2D eigenvalue weighted by Gasteiger charge is -2.28. The zero-order valence-electron chi connectivity index (χ0n) is 13.2. The van der Waals surface area contributed by atoms with Crippen LogP contribution in [0.4, 0.5) is 0 Å². The minimum atomic E-state index is 0.566. The van der Waals surface area contributed by atoms with Crippen LogP contribution in [0.5, 0.6) is 11.5 Å². The maximum atomic E-state index is 5.75. The molecule has 1 aromatic carbocycles. The van der Waals surface area contributed by atoms with Crippen molar-refractivity contribution < 1.29 is 9.47 Å². The maximum absolute atomic E-state index is 5.75. The highest BCUT2D eigenvalue weighted by Crippen LogP contribution is 2.37. The second-order valence-electron chi connectivity index (χ2n) is 6.27. The van der Waals surface area contributed by atoms with Crippen molar-refractivity contribution in [2.75, 3.05) is 19.8 Å². The molecule has 0 amide bonds. The van der Waals surface area contributed by atoms with E-state index in [4.69, 9.17) is 9.47 Å². The standard InChI is InChI=1S/C18H27NO2/c1-3-13(4-2)16(12-19-15-6-7-15)14-5-8-17-18(11-14)21-10-9-20-17/h5,8,11,13,15-16,19H,3-4,6-7,9-10,12H2,1-2H3. The molecule has 3 rings (SSSR count). The van der Waals surface area contributed by atoms with Crippen molar-refractivity contribution in [3.05, 3.63) is 23.8 Å². The van der Waals surface area contributed by atoms with Crippen molar-refractivity contribution >= 4 is 0 Å². The van der Waals surface area contributed by atoms with Gasteiger partial charge in [0.25, 0.3) is 0 Å². The highest BCUT2D eigenvalue weighted by molar-refractivity contribution is 5.45. The van der Waals surface area contributed by atoms with Gasteiger partial charge in [-0.05, 0) is 42.4 Å². The van der Waals surface area contributed by atoms with Crippen LogP contribution < -0.4 is 14.8 Å². The lowest BCUT2D eigenvalue weighted by molar-refractivity contribution is 0.171. The van der Waals surface area contributed by atoms with Gasteiger partial charge in [0, 0.05) is 12.6 Å². The number of ether oxygens (including phenoxy) is 2. The Balaban J connectivity index is 1.79. The van der Waals surface area contributed by atoms with Gasteiger partial charge in [-0.3, -0.25) is 0 Å². The normalized spacial score (nSPS) is 18.8. The third-order valence-electron chi connectivity index (χ3n) is 4.82. The van der Waals surface area contributed by atoms with Crippen LogP contribution in [0.25, 0.3) is 0 Å². The molecule has 1 aliphatic carbocycles. The molecule has 1 aromatic rings. The summed E-state index contributed by atoms with van der Waals surface area (Å²) in [6, 6.07) is 7.27. The Hall–Kier alpha value is -1.22. The van der Waals surface area contributed by atoms with E-state index in [2.05, 4.69) is 37.4 Å². The van der Waals surface area contributed by atoms with Gasteiger partial charge < -0.3 is 14.8 Å². The smallest absolute Gasteiger partial charge is 0.161 e. The van der Waals surface area contributed by atoms with Crippen LogP contribution in [-0.4, -0.2) is 25.8 Å². The van der Waals surface area contributed by atoms with E-state index in [1.807, 2.05) is 0 Å². The Morgan fingerprint density at radius 3 is 2.48 bits per heavy atom. The molecule has 2 aliphatic rings. The van der Waals surface area contributed by atoms with E-state index in [0.717, 1.165) is 30.0 Å². The molecule has 1 N–H and O–H groups in total. The maximum Gasteiger partial charge on any atom is 0.161 e. The van der Waals surface area contributed by atoms with E-state index in [9.17, 15) is 0 Å². The fraction of sp³-hybridized carbons (Fsp3) is 0.667. The van der Waals surface area contributed by atoms with Gasteiger partial charge >= 0.3 is 0 Å². The second-order valence-corrected chi connectivity index (χ2v) is 6.27. The van der Waals surface area contributed by atoms with Crippen LogP contribution in [0.1, 0.15) is 51.0 Å². The van der Waals surface area contributed by atoms with Gasteiger partial charge in [-0.2, -0.15) is 0 Å². The molecular weight excluding hydrogens is 262 g/mol. The molecule has 21 heavy (non-hydrogen) atoms. The molecule has 1 fully saturated rings. The minimum absolute atomic E-state index is 0.566. The van der Waals surface area contributed by atoms with E-state index < -0.39 is 0 Å². The summed E-state index contributed by atoms with van der Waals surface area (Å²) in [6.07, 6.45) is 5.14. The first kappa shape index (κ1) is 14.7. The molecule has 116 valence electrons. The highest BCUT2D eigenvalue weighted by atomic mass is 16.6. The third kappa shape index (κ3) is 3.52. The Labute approximate surface area is 128 Å². The van der Waals surface area contributed by atoms with Crippen molar-refractivity contribution in [3.63, 3.8) is 0 Å². The average molecular weight is 289 g/mol. The highest BCUT2D eigenvalue weighted by Gasteiger charge is 2.26. The van der Waals surface area contributed by atoms with Crippen molar-refractivity contribution in [1.29, 1.82) is 0 Å². The summed E-state index contributed by atoms with van der Waals surface area (Å²) in [5, 5.41) is 3.71. The van der Waals surface area contributed by atoms with Gasteiger partial charge in [-0.25, -0.2) is 0 Å². The van der Waals surface area contributed by atoms with E-state index in [-0.39, 0.29) is 0 Å². The number of hydrogen-bond acceptors (Lipinski definition) is 3. The fourth-order valence-electron chi connectivity index (χ4n) is 3.29. The molecule has 0 bridgehead atoms. The van der Waals surface area contributed by atoms with Gasteiger partial charge in [0.05, 0.1) is 0 Å². The SMILES string of the molecule is CCC(CC)C(CNC1CC1)c1ccc2c(c1)OCCO2. The van der Waals surface area contributed by atoms with Crippen LogP contribution in [0, 0.1) is 5.92 Å². The first-order chi connectivity index (χ1) is 10.3. The molecule has 1 heterocycles. The van der Waals surface area contributed by atoms with E-state index >= 15 is 0 Å². The summed E-state index contributed by atoms with van der Waals surface area (Å²) in [4.78, 5) is 0. The minimum Gasteiger partial charge on any atom is -0.486 e. The molecule has 0 aromatic heterocycles. The topological polar surface area (TPSA) is 30.5 Å². The Morgan fingerprint density at radius 2 is 1.81 bits per heavy atom. The number of fused-ring (bicyclic) bond motifs is 1. The molecular formula is C18H27NO2. The summed E-state index contributed by atoms with van der Waals surface area (Å²) < 4.78 is 11.4. The Kier molecular flexibility index (Phi) is 4.69. The van der Waals surface area contributed by atoms with Crippen molar-refractivity contribution in [3.8, 4) is 11.5 Å². The van der Waals surface area contributed by atoms with E-state index in [1.165, 1.54) is 31.2 Å². The lowest BCUT2D eigenvalue weighted by atomic mass is 9.82. The van der Waals surface area contributed by atoms with Crippen LogP contribution in [0.2, 0.25) is 0 Å². The van der Waals surface area contributed by atoms with E-state index in [0.29, 0.717) is 19.1 Å². The third-order valence-corrected chi connectivity index (χ3v) is 4.82. The average Bonchev–Trinajstić information content (AvgIpc) is 3.35. The molecule has 1 aliphatic heterocycles. The monoisotopic (exact) mass is 289 g/mol. The molecule has 1 unspecified atom stereocenters. The van der Waals surface area contributed by atoms with Crippen molar-refractivity contribution in [1.82, 2.24) is 5.32 Å². The Morgan fingerprint density at radius 1 is 1.10 bits per heavy atom. The number of benzene rings is 1. The van der Waals surface area contributed by atoms with Gasteiger partial charge in [0.1, 0.15) is 13.2 Å². The van der Waals surface area contributed by atoms with Gasteiger partial charge in [0.2, 0.25) is 0 Å². The molecule has 0 spiro atoms. The summed E-state index contributed by atoms with van der Waals surface area (Å²) >= 11 is 0. The van der Waals surface area contributed by atoms with Gasteiger partial charge in [0.15, 0.2) is 11.5 Å². The zero-order chi connectivity index (χ0) is 14.7. The predicted octanol–water partition coefficient (Wildman–Crippen LogP) is 3.73. The van der Waals surface area contributed by atoms with E-state index in [1.54, 1.807) is 0 Å². The van der Waals surface area contributed by atoms with Gasteiger partial charge in [-0.1, -0.05) is 32.8 Å².